The van der Waals surface area contributed by atoms with E-state index in [1.807, 2.05) is 47.4 Å². The van der Waals surface area contributed by atoms with Crippen LogP contribution in [0.25, 0.3) is 0 Å². The van der Waals surface area contributed by atoms with Crippen LogP contribution in [0.1, 0.15) is 48.0 Å². The van der Waals surface area contributed by atoms with Gasteiger partial charge in [0, 0.05) is 37.8 Å². The zero-order valence-corrected chi connectivity index (χ0v) is 17.9. The van der Waals surface area contributed by atoms with Gasteiger partial charge in [0.2, 0.25) is 0 Å². The van der Waals surface area contributed by atoms with Crippen molar-refractivity contribution in [1.82, 2.24) is 9.88 Å². The van der Waals surface area contributed by atoms with Crippen LogP contribution in [-0.2, 0) is 10.3 Å². The van der Waals surface area contributed by atoms with Gasteiger partial charge in [-0.3, -0.25) is 4.79 Å². The molecule has 6 nitrogen and oxygen atoms in total. The van der Waals surface area contributed by atoms with E-state index in [1.54, 1.807) is 6.20 Å². The second-order valence-electron chi connectivity index (χ2n) is 9.00. The van der Waals surface area contributed by atoms with E-state index in [0.717, 1.165) is 50.2 Å². The molecule has 3 heterocycles. The number of carbonyl (C=O) groups is 1. The molecule has 2 aliphatic heterocycles. The summed E-state index contributed by atoms with van der Waals surface area (Å²) in [6.45, 7) is 3.64. The number of piperidine rings is 1. The maximum atomic E-state index is 13.5. The Hall–Kier alpha value is -2.44. The Kier molecular flexibility index (Phi) is 5.67. The Morgan fingerprint density at radius 3 is 2.55 bits per heavy atom. The summed E-state index contributed by atoms with van der Waals surface area (Å²) >= 11 is 0. The Bertz CT molecular complexity index is 898. The van der Waals surface area contributed by atoms with Crippen LogP contribution in [0.2, 0.25) is 0 Å². The van der Waals surface area contributed by atoms with Crippen molar-refractivity contribution < 1.29 is 14.6 Å². The van der Waals surface area contributed by atoms with E-state index < -0.39 is 5.60 Å². The highest BCUT2D eigenvalue weighted by molar-refractivity contribution is 5.94. The maximum Gasteiger partial charge on any atom is 0.255 e. The quantitative estimate of drug-likeness (QED) is 0.824. The number of rotatable bonds is 3. The molecular weight excluding hydrogens is 390 g/mol. The third-order valence-electron chi connectivity index (χ3n) is 7.34. The lowest BCUT2D eigenvalue weighted by Crippen LogP contribution is -2.59. The molecule has 0 unspecified atom stereocenters. The lowest BCUT2D eigenvalue weighted by molar-refractivity contribution is -0.110. The third kappa shape index (κ3) is 3.83. The predicted molar refractivity (Wildman–Crippen MR) is 119 cm³/mol. The van der Waals surface area contributed by atoms with Crippen molar-refractivity contribution in [2.45, 2.75) is 43.7 Å². The van der Waals surface area contributed by atoms with Gasteiger partial charge in [0.15, 0.2) is 0 Å². The summed E-state index contributed by atoms with van der Waals surface area (Å²) in [4.78, 5) is 22.2. The standard InChI is InChI=1S/C25H31N3O3/c29-24(19-10-11-23(26-18-19)27-14-16-31-17-15-27)28-13-12-25(30,20-6-2-1-3-7-20)21-8-4-5-9-22(21)28/h1-3,6-7,10-11,18,21-22,30H,4-5,8-9,12-17H2/t21-,22+,25-/m0/s1. The molecule has 3 atom stereocenters. The first-order chi connectivity index (χ1) is 15.2. The first kappa shape index (κ1) is 20.5. The van der Waals surface area contributed by atoms with E-state index in [0.29, 0.717) is 31.7 Å². The summed E-state index contributed by atoms with van der Waals surface area (Å²) in [6.07, 6.45) is 6.39. The predicted octanol–water partition coefficient (Wildman–Crippen LogP) is 3.21. The number of amides is 1. The first-order valence-corrected chi connectivity index (χ1v) is 11.5. The number of carbonyl (C=O) groups excluding carboxylic acids is 1. The second-order valence-corrected chi connectivity index (χ2v) is 9.00. The average molecular weight is 422 g/mol. The first-order valence-electron chi connectivity index (χ1n) is 11.5. The van der Waals surface area contributed by atoms with Crippen molar-refractivity contribution in [2.24, 2.45) is 5.92 Å². The number of pyridine rings is 1. The molecule has 3 aliphatic rings. The van der Waals surface area contributed by atoms with Gasteiger partial charge < -0.3 is 19.6 Å². The number of benzene rings is 1. The highest BCUT2D eigenvalue weighted by Gasteiger charge is 2.50. The molecule has 6 heteroatoms. The van der Waals surface area contributed by atoms with Gasteiger partial charge in [-0.15, -0.1) is 0 Å². The summed E-state index contributed by atoms with van der Waals surface area (Å²) in [7, 11) is 0. The Morgan fingerprint density at radius 1 is 1.03 bits per heavy atom. The minimum Gasteiger partial charge on any atom is -0.385 e. The molecule has 1 aliphatic carbocycles. The average Bonchev–Trinajstić information content (AvgIpc) is 2.85. The molecule has 31 heavy (non-hydrogen) atoms. The minimum absolute atomic E-state index is 0.0352. The molecular formula is C25H31N3O3. The number of ether oxygens (including phenoxy) is 1. The Morgan fingerprint density at radius 2 is 1.81 bits per heavy atom. The van der Waals surface area contributed by atoms with Gasteiger partial charge in [-0.05, 0) is 37.0 Å². The molecule has 5 rings (SSSR count). The number of hydrogen-bond acceptors (Lipinski definition) is 5. The summed E-state index contributed by atoms with van der Waals surface area (Å²) in [6, 6.07) is 13.9. The van der Waals surface area contributed by atoms with E-state index in [1.165, 1.54) is 0 Å². The van der Waals surface area contributed by atoms with Gasteiger partial charge in [0.1, 0.15) is 5.82 Å². The maximum absolute atomic E-state index is 13.5. The van der Waals surface area contributed by atoms with Gasteiger partial charge in [-0.25, -0.2) is 4.98 Å². The summed E-state index contributed by atoms with van der Waals surface area (Å²) in [5.41, 5.74) is 0.753. The van der Waals surface area contributed by atoms with Crippen LogP contribution < -0.4 is 4.90 Å². The lowest BCUT2D eigenvalue weighted by Gasteiger charge is -2.52. The molecule has 0 bridgehead atoms. The van der Waals surface area contributed by atoms with Crippen LogP contribution in [0.4, 0.5) is 5.82 Å². The molecule has 1 N–H and O–H groups in total. The molecule has 1 aromatic heterocycles. The van der Waals surface area contributed by atoms with Crippen LogP contribution in [0, 0.1) is 5.92 Å². The fourth-order valence-electron chi connectivity index (χ4n) is 5.68. The molecule has 2 aromatic rings. The van der Waals surface area contributed by atoms with Crippen molar-refractivity contribution in [3.8, 4) is 0 Å². The minimum atomic E-state index is -0.860. The van der Waals surface area contributed by atoms with Crippen LogP contribution in [0.3, 0.4) is 0 Å². The number of morpholine rings is 1. The van der Waals surface area contributed by atoms with E-state index in [4.69, 9.17) is 4.74 Å². The van der Waals surface area contributed by atoms with Crippen LogP contribution in [0.5, 0.6) is 0 Å². The van der Waals surface area contributed by atoms with Crippen molar-refractivity contribution in [1.29, 1.82) is 0 Å². The highest BCUT2D eigenvalue weighted by atomic mass is 16.5. The molecule has 2 saturated heterocycles. The fourth-order valence-corrected chi connectivity index (χ4v) is 5.68. The second kappa shape index (κ2) is 8.60. The Balaban J connectivity index is 1.36. The molecule has 0 radical (unpaired) electrons. The smallest absolute Gasteiger partial charge is 0.255 e. The van der Waals surface area contributed by atoms with Gasteiger partial charge in [-0.1, -0.05) is 43.2 Å². The number of hydrogen-bond donors (Lipinski definition) is 1. The third-order valence-corrected chi connectivity index (χ3v) is 7.34. The Labute approximate surface area is 183 Å². The topological polar surface area (TPSA) is 65.9 Å². The van der Waals surface area contributed by atoms with Gasteiger partial charge in [0.05, 0.1) is 24.4 Å². The summed E-state index contributed by atoms with van der Waals surface area (Å²) < 4.78 is 5.41. The van der Waals surface area contributed by atoms with Gasteiger partial charge in [0.25, 0.3) is 5.91 Å². The number of nitrogens with zero attached hydrogens (tertiary/aromatic N) is 3. The van der Waals surface area contributed by atoms with Gasteiger partial charge in [-0.2, -0.15) is 0 Å². The van der Waals surface area contributed by atoms with E-state index in [9.17, 15) is 9.90 Å². The van der Waals surface area contributed by atoms with Crippen molar-refractivity contribution in [3.63, 3.8) is 0 Å². The highest BCUT2D eigenvalue weighted by Crippen LogP contribution is 2.47. The molecule has 0 spiro atoms. The SMILES string of the molecule is O=C(c1ccc(N2CCOCC2)nc1)N1CC[C@](O)(c2ccccc2)[C@H]2CCCC[C@H]21. The summed E-state index contributed by atoms with van der Waals surface area (Å²) in [5.74, 6) is 1.00. The van der Waals surface area contributed by atoms with Crippen molar-refractivity contribution >= 4 is 11.7 Å². The molecule has 1 amide bonds. The van der Waals surface area contributed by atoms with Crippen LogP contribution in [-0.4, -0.2) is 59.8 Å². The largest absolute Gasteiger partial charge is 0.385 e. The normalized spacial score (nSPS) is 28.8. The number of aliphatic hydroxyl groups is 1. The molecule has 1 aromatic carbocycles. The summed E-state index contributed by atoms with van der Waals surface area (Å²) in [5, 5.41) is 11.7. The number of anilines is 1. The van der Waals surface area contributed by atoms with Gasteiger partial charge >= 0.3 is 0 Å². The van der Waals surface area contributed by atoms with Crippen LogP contribution >= 0.6 is 0 Å². The number of aromatic nitrogens is 1. The molecule has 1 saturated carbocycles. The number of likely N-dealkylation sites (tertiary alicyclic amines) is 1. The van der Waals surface area contributed by atoms with Crippen molar-refractivity contribution in [3.05, 3.63) is 59.8 Å². The molecule has 164 valence electrons. The van der Waals surface area contributed by atoms with Crippen LogP contribution in [0.15, 0.2) is 48.7 Å². The zero-order chi connectivity index (χ0) is 21.3. The van der Waals surface area contributed by atoms with E-state index in [-0.39, 0.29) is 17.9 Å². The lowest BCUT2D eigenvalue weighted by atomic mass is 9.66. The fraction of sp³-hybridized carbons (Fsp3) is 0.520. The van der Waals surface area contributed by atoms with Crippen molar-refractivity contribution in [2.75, 3.05) is 37.7 Å². The van der Waals surface area contributed by atoms with E-state index >= 15 is 0 Å². The monoisotopic (exact) mass is 421 g/mol. The zero-order valence-electron chi connectivity index (χ0n) is 17.9. The molecule has 3 fully saturated rings. The van der Waals surface area contributed by atoms with E-state index in [2.05, 4.69) is 9.88 Å². The number of fused-ring (bicyclic) bond motifs is 1.